The van der Waals surface area contributed by atoms with Gasteiger partial charge in [-0.2, -0.15) is 0 Å². The Morgan fingerprint density at radius 1 is 0.378 bits per heavy atom. The second kappa shape index (κ2) is 31.7. The average molecular weight is 653 g/mol. The normalized spacial score (nSPS) is 12.6. The van der Waals surface area contributed by atoms with Crippen molar-refractivity contribution in [2.45, 2.75) is 219 Å². The Morgan fingerprint density at radius 3 is 0.919 bits per heavy atom. The third-order valence-corrected chi connectivity index (χ3v) is 9.92. The van der Waals surface area contributed by atoms with Crippen molar-refractivity contribution in [3.05, 3.63) is 0 Å². The lowest BCUT2D eigenvalue weighted by molar-refractivity contribution is 0.269. The van der Waals surface area contributed by atoms with E-state index in [0.717, 1.165) is 5.92 Å². The molecule has 0 saturated carbocycles. The summed E-state index contributed by atoms with van der Waals surface area (Å²) in [5.41, 5.74) is 0. The first kappa shape index (κ1) is 40.3. The van der Waals surface area contributed by atoms with E-state index >= 15 is 0 Å². The van der Waals surface area contributed by atoms with Gasteiger partial charge in [-0.3, -0.25) is 0 Å². The van der Waals surface area contributed by atoms with Gasteiger partial charge in [-0.05, 0) is 36.8 Å². The number of halogens is 1. The SMILES string of the molecule is CCCCCCCCCC(CCCCCCCC)C(P)(CCCCCCCC)CCCCCCCC.I. The summed E-state index contributed by atoms with van der Waals surface area (Å²) in [6, 6.07) is 0. The molecule has 0 nitrogen and oxygen atoms in total. The highest BCUT2D eigenvalue weighted by Gasteiger charge is 2.32. The Balaban J connectivity index is 0. The predicted molar refractivity (Wildman–Crippen MR) is 188 cm³/mol. The quantitative estimate of drug-likeness (QED) is 0.0411. The van der Waals surface area contributed by atoms with Gasteiger partial charge < -0.3 is 0 Å². The van der Waals surface area contributed by atoms with Crippen molar-refractivity contribution in [1.82, 2.24) is 0 Å². The van der Waals surface area contributed by atoms with E-state index in [1.807, 2.05) is 0 Å². The molecule has 2 heteroatoms. The number of unbranched alkanes of at least 4 members (excludes halogenated alkanes) is 21. The van der Waals surface area contributed by atoms with Crippen LogP contribution in [0.4, 0.5) is 0 Å². The summed E-state index contributed by atoms with van der Waals surface area (Å²) >= 11 is 0. The van der Waals surface area contributed by atoms with Crippen molar-refractivity contribution in [3.8, 4) is 0 Å². The van der Waals surface area contributed by atoms with E-state index in [-0.39, 0.29) is 24.0 Å². The van der Waals surface area contributed by atoms with Crippen LogP contribution in [0.3, 0.4) is 0 Å². The second-order valence-electron chi connectivity index (χ2n) is 12.4. The van der Waals surface area contributed by atoms with E-state index < -0.39 is 0 Å². The van der Waals surface area contributed by atoms with Gasteiger partial charge in [-0.25, -0.2) is 0 Å². The molecule has 2 unspecified atom stereocenters. The van der Waals surface area contributed by atoms with E-state index in [2.05, 4.69) is 36.9 Å². The number of hydrogen-bond donors (Lipinski definition) is 0. The van der Waals surface area contributed by atoms with Crippen molar-refractivity contribution in [2.24, 2.45) is 5.92 Å². The maximum atomic E-state index is 3.53. The molecule has 0 aliphatic rings. The van der Waals surface area contributed by atoms with E-state index in [0.29, 0.717) is 5.16 Å². The van der Waals surface area contributed by atoms with Crippen LogP contribution in [-0.2, 0) is 0 Å². The molecule has 0 radical (unpaired) electrons. The van der Waals surface area contributed by atoms with Crippen LogP contribution >= 0.6 is 33.2 Å². The van der Waals surface area contributed by atoms with Crippen molar-refractivity contribution in [2.75, 3.05) is 0 Å². The van der Waals surface area contributed by atoms with Gasteiger partial charge in [-0.15, -0.1) is 33.2 Å². The van der Waals surface area contributed by atoms with E-state index in [1.54, 1.807) is 0 Å². The van der Waals surface area contributed by atoms with Crippen LogP contribution in [0, 0.1) is 5.92 Å². The molecule has 0 N–H and O–H groups in total. The van der Waals surface area contributed by atoms with Gasteiger partial charge in [0.1, 0.15) is 0 Å². The van der Waals surface area contributed by atoms with Crippen molar-refractivity contribution < 1.29 is 0 Å². The minimum atomic E-state index is 0. The summed E-state index contributed by atoms with van der Waals surface area (Å²) in [5, 5.41) is 0.515. The lowest BCUT2D eigenvalue weighted by Gasteiger charge is -2.39. The lowest BCUT2D eigenvalue weighted by atomic mass is 9.77. The second-order valence-corrected chi connectivity index (χ2v) is 13.6. The predicted octanol–water partition coefficient (Wildman–Crippen LogP) is 14.2. The molecule has 226 valence electrons. The Bertz CT molecular complexity index is 394. The van der Waals surface area contributed by atoms with Gasteiger partial charge in [0.2, 0.25) is 0 Å². The fourth-order valence-electron chi connectivity index (χ4n) is 6.24. The van der Waals surface area contributed by atoms with Gasteiger partial charge in [0.25, 0.3) is 0 Å². The van der Waals surface area contributed by atoms with Gasteiger partial charge in [0, 0.05) is 0 Å². The summed E-state index contributed by atoms with van der Waals surface area (Å²) in [6.45, 7) is 9.35. The van der Waals surface area contributed by atoms with Gasteiger partial charge in [-0.1, -0.05) is 188 Å². The molecule has 0 amide bonds. The summed E-state index contributed by atoms with van der Waals surface area (Å²) < 4.78 is 0. The largest absolute Gasteiger partial charge is 0.131 e. The van der Waals surface area contributed by atoms with Crippen molar-refractivity contribution >= 4 is 33.2 Å². The molecule has 0 spiro atoms. The average Bonchev–Trinajstić information content (AvgIpc) is 2.88. The maximum Gasteiger partial charge on any atom is -0.0122 e. The molecule has 0 aromatic rings. The third-order valence-electron chi connectivity index (χ3n) is 8.87. The summed E-state index contributed by atoms with van der Waals surface area (Å²) in [5.74, 6) is 0.940. The molecule has 0 fully saturated rings. The summed E-state index contributed by atoms with van der Waals surface area (Å²) in [4.78, 5) is 0. The first-order valence-electron chi connectivity index (χ1n) is 17.4. The number of hydrogen-bond acceptors (Lipinski definition) is 0. The Hall–Kier alpha value is 1.16. The molecule has 2 atom stereocenters. The van der Waals surface area contributed by atoms with Crippen LogP contribution in [0.25, 0.3) is 0 Å². The zero-order chi connectivity index (χ0) is 26.6. The lowest BCUT2D eigenvalue weighted by Crippen LogP contribution is -2.32. The monoisotopic (exact) mass is 652 g/mol. The van der Waals surface area contributed by atoms with Crippen LogP contribution in [0.1, 0.15) is 214 Å². The van der Waals surface area contributed by atoms with Crippen LogP contribution in [0.5, 0.6) is 0 Å². The first-order valence-corrected chi connectivity index (χ1v) is 18.0. The van der Waals surface area contributed by atoms with Crippen molar-refractivity contribution in [1.29, 1.82) is 0 Å². The Kier molecular flexibility index (Phi) is 34.5. The highest BCUT2D eigenvalue weighted by molar-refractivity contribution is 14.0. The van der Waals surface area contributed by atoms with Crippen LogP contribution in [0.15, 0.2) is 0 Å². The molecule has 0 aliphatic heterocycles. The van der Waals surface area contributed by atoms with Crippen LogP contribution < -0.4 is 0 Å². The standard InChI is InChI=1S/C35H73P.HI/c1-5-9-13-17-21-23-27-31-34(30-26-22-18-14-10-6-2)35(36,32-28-24-19-15-11-7-3)33-29-25-20-16-12-8-4;/h34H,5-33,36H2,1-4H3;1H. The Labute approximate surface area is 257 Å². The molecule has 0 aromatic heterocycles. The van der Waals surface area contributed by atoms with Gasteiger partial charge in [0.05, 0.1) is 0 Å². The molecule has 37 heavy (non-hydrogen) atoms. The molecule has 0 bridgehead atoms. The molecular formula is C35H74IP. The number of rotatable bonds is 30. The van der Waals surface area contributed by atoms with Gasteiger partial charge in [0.15, 0.2) is 0 Å². The highest BCUT2D eigenvalue weighted by Crippen LogP contribution is 2.44. The van der Waals surface area contributed by atoms with Crippen LogP contribution in [-0.4, -0.2) is 5.16 Å². The minimum absolute atomic E-state index is 0. The summed E-state index contributed by atoms with van der Waals surface area (Å²) in [6.07, 6.45) is 42.1. The molecular weight excluding hydrogens is 578 g/mol. The molecule has 0 heterocycles. The van der Waals surface area contributed by atoms with Crippen molar-refractivity contribution in [3.63, 3.8) is 0 Å². The minimum Gasteiger partial charge on any atom is -0.131 e. The highest BCUT2D eigenvalue weighted by atomic mass is 127. The fraction of sp³-hybridized carbons (Fsp3) is 1.00. The van der Waals surface area contributed by atoms with Crippen LogP contribution in [0.2, 0.25) is 0 Å². The van der Waals surface area contributed by atoms with E-state index in [9.17, 15) is 0 Å². The zero-order valence-electron chi connectivity index (χ0n) is 26.6. The molecule has 0 aromatic carbocycles. The molecule has 0 aliphatic carbocycles. The van der Waals surface area contributed by atoms with E-state index in [1.165, 1.54) is 186 Å². The zero-order valence-corrected chi connectivity index (χ0v) is 30.1. The van der Waals surface area contributed by atoms with E-state index in [4.69, 9.17) is 0 Å². The topological polar surface area (TPSA) is 0 Å². The fourth-order valence-corrected chi connectivity index (χ4v) is 6.98. The first-order chi connectivity index (χ1) is 17.6. The van der Waals surface area contributed by atoms with Gasteiger partial charge >= 0.3 is 0 Å². The molecule has 0 saturated heterocycles. The maximum absolute atomic E-state index is 3.53. The summed E-state index contributed by atoms with van der Waals surface area (Å²) in [7, 11) is 3.53. The smallest absolute Gasteiger partial charge is 0.0122 e. The Morgan fingerprint density at radius 2 is 0.622 bits per heavy atom. The third kappa shape index (κ3) is 25.8. The molecule has 0 rings (SSSR count).